The van der Waals surface area contributed by atoms with Gasteiger partial charge in [-0.3, -0.25) is 19.4 Å². The SMILES string of the molecule is CC.O=C(c1cc(F)ccc1-c1cc(C2CC2)nc(N2Cc3ccc(CN4CCCCC4)cc3C2=O)c1)N1CC(F)C1. The fraction of sp³-hybridized carbons (Fsp3) is 0.441. The standard InChI is InChI=1S/C32H32F2N4O2.C2H6/c33-24-8-9-26(28(15-24)31(39)37-18-25(34)19-37)23-13-29(21-6-7-21)35-30(14-23)38-17-22-5-4-20(12-27(22)32(38)40)16-36-10-2-1-3-11-36;1-2/h4-5,8-9,12-15,21,25H,1-3,6-7,10-11,16-19H2;1-2H3. The van der Waals surface area contributed by atoms with Gasteiger partial charge >= 0.3 is 0 Å². The number of piperidine rings is 1. The zero-order valence-electron chi connectivity index (χ0n) is 24.4. The van der Waals surface area contributed by atoms with Crippen LogP contribution in [-0.2, 0) is 13.1 Å². The molecule has 1 aromatic heterocycles. The summed E-state index contributed by atoms with van der Waals surface area (Å²) < 4.78 is 27.8. The Bertz CT molecular complexity index is 1490. The van der Waals surface area contributed by atoms with Crippen molar-refractivity contribution in [1.29, 1.82) is 0 Å². The number of carbonyl (C=O) groups excluding carboxylic acids is 2. The number of likely N-dealkylation sites (tertiary alicyclic amines) is 2. The highest BCUT2D eigenvalue weighted by Crippen LogP contribution is 2.42. The number of carbonyl (C=O) groups is 2. The lowest BCUT2D eigenvalue weighted by molar-refractivity contribution is 0.0400. The van der Waals surface area contributed by atoms with E-state index in [0.717, 1.165) is 49.3 Å². The van der Waals surface area contributed by atoms with Crippen LogP contribution in [-0.4, -0.2) is 58.9 Å². The molecule has 3 aromatic rings. The van der Waals surface area contributed by atoms with E-state index >= 15 is 0 Å². The molecular formula is C34H38F2N4O2. The lowest BCUT2D eigenvalue weighted by atomic mass is 9.96. The van der Waals surface area contributed by atoms with Crippen LogP contribution in [0.25, 0.3) is 11.1 Å². The first-order valence-corrected chi connectivity index (χ1v) is 15.3. The van der Waals surface area contributed by atoms with Gasteiger partial charge in [-0.2, -0.15) is 0 Å². The molecule has 2 amide bonds. The number of aromatic nitrogens is 1. The third-order valence-electron chi connectivity index (χ3n) is 8.58. The third kappa shape index (κ3) is 5.69. The van der Waals surface area contributed by atoms with Gasteiger partial charge in [0, 0.05) is 23.7 Å². The van der Waals surface area contributed by atoms with Gasteiger partial charge in [-0.15, -0.1) is 0 Å². The van der Waals surface area contributed by atoms with Gasteiger partial charge in [0.25, 0.3) is 11.8 Å². The minimum absolute atomic E-state index is 0.0178. The summed E-state index contributed by atoms with van der Waals surface area (Å²) in [5.74, 6) is -0.148. The van der Waals surface area contributed by atoms with Gasteiger partial charge in [0.15, 0.2) is 0 Å². The number of hydrogen-bond acceptors (Lipinski definition) is 4. The molecule has 0 radical (unpaired) electrons. The molecule has 0 bridgehead atoms. The Labute approximate surface area is 246 Å². The van der Waals surface area contributed by atoms with Gasteiger partial charge in [0.05, 0.1) is 25.2 Å². The molecule has 2 aromatic carbocycles. The molecule has 0 spiro atoms. The monoisotopic (exact) mass is 572 g/mol. The molecule has 4 heterocycles. The molecule has 7 rings (SSSR count). The van der Waals surface area contributed by atoms with E-state index in [1.165, 1.54) is 36.3 Å². The molecule has 0 unspecified atom stereocenters. The second kappa shape index (κ2) is 11.9. The average Bonchev–Trinajstić information content (AvgIpc) is 3.80. The Hall–Kier alpha value is -3.65. The maximum absolute atomic E-state index is 14.3. The van der Waals surface area contributed by atoms with Gasteiger partial charge < -0.3 is 4.90 Å². The van der Waals surface area contributed by atoms with Crippen LogP contribution in [0, 0.1) is 5.82 Å². The quantitative estimate of drug-likeness (QED) is 0.329. The molecule has 3 aliphatic heterocycles. The van der Waals surface area contributed by atoms with E-state index in [1.807, 2.05) is 32.0 Å². The lowest BCUT2D eigenvalue weighted by Gasteiger charge is -2.34. The summed E-state index contributed by atoms with van der Waals surface area (Å²) in [5, 5.41) is 0. The Balaban J connectivity index is 0.00000155. The predicted molar refractivity (Wildman–Crippen MR) is 160 cm³/mol. The first-order valence-electron chi connectivity index (χ1n) is 15.3. The minimum Gasteiger partial charge on any atom is -0.333 e. The summed E-state index contributed by atoms with van der Waals surface area (Å²) in [4.78, 5) is 37.3. The second-order valence-corrected chi connectivity index (χ2v) is 11.6. The van der Waals surface area contributed by atoms with Crippen molar-refractivity contribution >= 4 is 17.6 Å². The molecule has 42 heavy (non-hydrogen) atoms. The number of amides is 2. The number of alkyl halides is 1. The number of benzene rings is 2. The fourth-order valence-electron chi connectivity index (χ4n) is 6.13. The topological polar surface area (TPSA) is 56.8 Å². The van der Waals surface area contributed by atoms with E-state index in [4.69, 9.17) is 4.98 Å². The highest BCUT2D eigenvalue weighted by atomic mass is 19.1. The number of hydrogen-bond donors (Lipinski definition) is 0. The molecule has 3 fully saturated rings. The summed E-state index contributed by atoms with van der Waals surface area (Å²) >= 11 is 0. The molecule has 4 aliphatic rings. The Morgan fingerprint density at radius 3 is 2.43 bits per heavy atom. The highest BCUT2D eigenvalue weighted by Gasteiger charge is 2.35. The summed E-state index contributed by atoms with van der Waals surface area (Å²) in [6.07, 6.45) is 4.72. The minimum atomic E-state index is -1.04. The lowest BCUT2D eigenvalue weighted by Crippen LogP contribution is -2.51. The highest BCUT2D eigenvalue weighted by molar-refractivity contribution is 6.10. The van der Waals surface area contributed by atoms with Crippen LogP contribution in [0.4, 0.5) is 14.6 Å². The number of pyridine rings is 1. The van der Waals surface area contributed by atoms with Crippen LogP contribution in [0.3, 0.4) is 0 Å². The van der Waals surface area contributed by atoms with Crippen molar-refractivity contribution in [1.82, 2.24) is 14.8 Å². The molecule has 2 saturated heterocycles. The van der Waals surface area contributed by atoms with Crippen LogP contribution in [0.1, 0.15) is 89.4 Å². The zero-order chi connectivity index (χ0) is 29.4. The molecule has 0 atom stereocenters. The van der Waals surface area contributed by atoms with Gasteiger partial charge in [0.1, 0.15) is 17.8 Å². The van der Waals surface area contributed by atoms with Crippen molar-refractivity contribution in [2.45, 2.75) is 71.1 Å². The van der Waals surface area contributed by atoms with Crippen molar-refractivity contribution in [3.05, 3.63) is 82.3 Å². The number of fused-ring (bicyclic) bond motifs is 1. The maximum atomic E-state index is 14.3. The van der Waals surface area contributed by atoms with Gasteiger partial charge in [0.2, 0.25) is 0 Å². The number of halogens is 2. The molecule has 0 N–H and O–H groups in total. The fourth-order valence-corrected chi connectivity index (χ4v) is 6.13. The Morgan fingerprint density at radius 2 is 1.71 bits per heavy atom. The Kier molecular flexibility index (Phi) is 8.08. The molecular weight excluding hydrogens is 534 g/mol. The van der Waals surface area contributed by atoms with E-state index in [0.29, 0.717) is 35.0 Å². The van der Waals surface area contributed by atoms with Crippen LogP contribution in [0.5, 0.6) is 0 Å². The van der Waals surface area contributed by atoms with Crippen LogP contribution >= 0.6 is 0 Å². The van der Waals surface area contributed by atoms with E-state index < -0.39 is 12.0 Å². The van der Waals surface area contributed by atoms with Gasteiger partial charge in [-0.1, -0.05) is 38.5 Å². The van der Waals surface area contributed by atoms with Crippen molar-refractivity contribution in [2.24, 2.45) is 0 Å². The molecule has 6 nitrogen and oxygen atoms in total. The predicted octanol–water partition coefficient (Wildman–Crippen LogP) is 6.73. The number of anilines is 1. The van der Waals surface area contributed by atoms with Gasteiger partial charge in [-0.05, 0) is 91.4 Å². The van der Waals surface area contributed by atoms with E-state index in [1.54, 1.807) is 11.0 Å². The number of rotatable bonds is 6. The van der Waals surface area contributed by atoms with E-state index in [9.17, 15) is 18.4 Å². The zero-order valence-corrected chi connectivity index (χ0v) is 24.4. The first-order chi connectivity index (χ1) is 20.4. The third-order valence-corrected chi connectivity index (χ3v) is 8.58. The largest absolute Gasteiger partial charge is 0.333 e. The molecule has 8 heteroatoms. The van der Waals surface area contributed by atoms with Gasteiger partial charge in [-0.25, -0.2) is 13.8 Å². The first kappa shape index (κ1) is 28.5. The molecule has 220 valence electrons. The summed E-state index contributed by atoms with van der Waals surface area (Å²) in [6.45, 7) is 7.50. The summed E-state index contributed by atoms with van der Waals surface area (Å²) in [7, 11) is 0. The summed E-state index contributed by atoms with van der Waals surface area (Å²) in [5.41, 5.74) is 5.18. The smallest absolute Gasteiger partial charge is 0.260 e. The Morgan fingerprint density at radius 1 is 0.952 bits per heavy atom. The second-order valence-electron chi connectivity index (χ2n) is 11.6. The summed E-state index contributed by atoms with van der Waals surface area (Å²) in [6, 6.07) is 14.1. The normalized spacial score (nSPS) is 18.8. The van der Waals surface area contributed by atoms with Crippen molar-refractivity contribution in [3.63, 3.8) is 0 Å². The average molecular weight is 573 g/mol. The van der Waals surface area contributed by atoms with Crippen LogP contribution in [0.15, 0.2) is 48.5 Å². The van der Waals surface area contributed by atoms with Crippen molar-refractivity contribution in [2.75, 3.05) is 31.1 Å². The number of nitrogens with zero attached hydrogens (tertiary/aromatic N) is 4. The maximum Gasteiger partial charge on any atom is 0.260 e. The molecule has 1 aliphatic carbocycles. The molecule has 1 saturated carbocycles. The van der Waals surface area contributed by atoms with E-state index in [-0.39, 0.29) is 30.5 Å². The van der Waals surface area contributed by atoms with E-state index in [2.05, 4.69) is 17.0 Å². The van der Waals surface area contributed by atoms with Crippen LogP contribution in [0.2, 0.25) is 0 Å². The van der Waals surface area contributed by atoms with Crippen molar-refractivity contribution in [3.8, 4) is 11.1 Å². The van der Waals surface area contributed by atoms with Crippen molar-refractivity contribution < 1.29 is 18.4 Å². The van der Waals surface area contributed by atoms with Crippen LogP contribution < -0.4 is 4.90 Å².